The minimum atomic E-state index is -0.250. The Hall–Kier alpha value is -2.04. The molecule has 1 amide bonds. The first-order valence-corrected chi connectivity index (χ1v) is 7.27. The third-order valence-corrected chi connectivity index (χ3v) is 3.42. The fraction of sp³-hybridized carbons (Fsp3) is 0.500. The second-order valence-corrected chi connectivity index (χ2v) is 5.22. The Labute approximate surface area is 124 Å². The van der Waals surface area contributed by atoms with E-state index in [1.54, 1.807) is 4.90 Å². The van der Waals surface area contributed by atoms with Crippen LogP contribution in [0.3, 0.4) is 0 Å². The molecule has 0 N–H and O–H groups in total. The molecule has 0 unspecified atom stereocenters. The van der Waals surface area contributed by atoms with Gasteiger partial charge < -0.3 is 14.4 Å². The number of esters is 1. The highest BCUT2D eigenvalue weighted by molar-refractivity contribution is 5.97. The fourth-order valence-electron chi connectivity index (χ4n) is 2.44. The van der Waals surface area contributed by atoms with Crippen LogP contribution >= 0.6 is 0 Å². The Morgan fingerprint density at radius 1 is 1.38 bits per heavy atom. The molecule has 5 heteroatoms. The number of benzene rings is 1. The number of nitrogens with zero attached hydrogens (tertiary/aromatic N) is 1. The van der Waals surface area contributed by atoms with Crippen LogP contribution in [0, 0.1) is 0 Å². The number of ether oxygens (including phenoxy) is 2. The maximum atomic E-state index is 12.0. The summed E-state index contributed by atoms with van der Waals surface area (Å²) in [7, 11) is 0. The lowest BCUT2D eigenvalue weighted by Crippen LogP contribution is -2.39. The summed E-state index contributed by atoms with van der Waals surface area (Å²) in [5.74, 6) is 0.492. The summed E-state index contributed by atoms with van der Waals surface area (Å²) < 4.78 is 10.5. The molecule has 5 nitrogen and oxygen atoms in total. The highest BCUT2D eigenvalue weighted by atomic mass is 16.5. The van der Waals surface area contributed by atoms with Crippen molar-refractivity contribution in [1.82, 2.24) is 0 Å². The summed E-state index contributed by atoms with van der Waals surface area (Å²) >= 11 is 0. The zero-order valence-electron chi connectivity index (χ0n) is 12.5. The third-order valence-electron chi connectivity index (χ3n) is 3.42. The fourth-order valence-corrected chi connectivity index (χ4v) is 2.44. The molecule has 0 bridgehead atoms. The minimum absolute atomic E-state index is 0.0123. The number of hydrogen-bond acceptors (Lipinski definition) is 4. The number of amides is 1. The summed E-state index contributed by atoms with van der Waals surface area (Å²) in [6.07, 6.45) is 2.50. The van der Waals surface area contributed by atoms with Crippen LogP contribution in [0.15, 0.2) is 24.3 Å². The summed E-state index contributed by atoms with van der Waals surface area (Å²) in [4.78, 5) is 24.6. The smallest absolute Gasteiger partial charge is 0.302 e. The van der Waals surface area contributed by atoms with E-state index in [9.17, 15) is 9.59 Å². The molecule has 0 saturated carbocycles. The van der Waals surface area contributed by atoms with Crippen LogP contribution in [-0.2, 0) is 14.3 Å². The number of carbonyl (C=O) groups excluding carboxylic acids is 2. The van der Waals surface area contributed by atoms with E-state index in [-0.39, 0.29) is 24.6 Å². The van der Waals surface area contributed by atoms with Crippen LogP contribution in [0.4, 0.5) is 5.69 Å². The van der Waals surface area contributed by atoms with Crippen molar-refractivity contribution in [1.29, 1.82) is 0 Å². The van der Waals surface area contributed by atoms with E-state index in [1.807, 2.05) is 31.2 Å². The molecule has 1 atom stereocenters. The van der Waals surface area contributed by atoms with Gasteiger partial charge in [0.15, 0.2) is 6.61 Å². The van der Waals surface area contributed by atoms with E-state index in [0.717, 1.165) is 30.7 Å². The number of anilines is 1. The maximum Gasteiger partial charge on any atom is 0.302 e. The van der Waals surface area contributed by atoms with Crippen molar-refractivity contribution in [2.45, 2.75) is 39.2 Å². The van der Waals surface area contributed by atoms with Crippen molar-refractivity contribution in [3.63, 3.8) is 0 Å². The van der Waals surface area contributed by atoms with Gasteiger partial charge in [-0.15, -0.1) is 0 Å². The number of unbranched alkanes of at least 4 members (excludes halogenated alkanes) is 1. The molecule has 0 aromatic heterocycles. The molecule has 0 spiro atoms. The number of para-hydroxylation sites is 2. The zero-order chi connectivity index (χ0) is 15.2. The molecule has 0 radical (unpaired) electrons. The van der Waals surface area contributed by atoms with Crippen molar-refractivity contribution in [3.8, 4) is 5.75 Å². The second-order valence-electron chi connectivity index (χ2n) is 5.22. The average molecular weight is 291 g/mol. The number of hydrogen-bond donors (Lipinski definition) is 0. The van der Waals surface area contributed by atoms with Gasteiger partial charge in [-0.2, -0.15) is 0 Å². The number of fused-ring (bicyclic) bond motifs is 1. The lowest BCUT2D eigenvalue weighted by atomic mass is 10.1. The first-order chi connectivity index (χ1) is 10.1. The molecular formula is C16H21NO4. The average Bonchev–Trinajstić information content (AvgIpc) is 2.44. The largest absolute Gasteiger partial charge is 0.482 e. The number of carbonyl (C=O) groups is 2. The van der Waals surface area contributed by atoms with Gasteiger partial charge in [-0.25, -0.2) is 0 Å². The first kappa shape index (κ1) is 15.4. The summed E-state index contributed by atoms with van der Waals surface area (Å²) in [5.41, 5.74) is 0.835. The van der Waals surface area contributed by atoms with E-state index >= 15 is 0 Å². The second kappa shape index (κ2) is 7.11. The van der Waals surface area contributed by atoms with Crippen molar-refractivity contribution >= 4 is 17.6 Å². The molecule has 1 aromatic rings. The van der Waals surface area contributed by atoms with Gasteiger partial charge >= 0.3 is 5.97 Å². The normalized spacial score (nSPS) is 15.1. The predicted molar refractivity (Wildman–Crippen MR) is 79.4 cm³/mol. The Morgan fingerprint density at radius 2 is 2.14 bits per heavy atom. The van der Waals surface area contributed by atoms with E-state index in [2.05, 4.69) is 0 Å². The molecule has 1 aliphatic rings. The Balaban J connectivity index is 1.83. The van der Waals surface area contributed by atoms with Crippen LogP contribution in [0.1, 0.15) is 33.1 Å². The number of rotatable bonds is 6. The van der Waals surface area contributed by atoms with Crippen LogP contribution in [0.25, 0.3) is 0 Å². The van der Waals surface area contributed by atoms with Crippen molar-refractivity contribution in [2.75, 3.05) is 18.1 Å². The predicted octanol–water partition coefficient (Wildman–Crippen LogP) is 2.53. The molecule has 0 fully saturated rings. The van der Waals surface area contributed by atoms with E-state index in [4.69, 9.17) is 9.47 Å². The Bertz CT molecular complexity index is 515. The minimum Gasteiger partial charge on any atom is -0.482 e. The zero-order valence-corrected chi connectivity index (χ0v) is 12.5. The maximum absolute atomic E-state index is 12.0. The molecule has 21 heavy (non-hydrogen) atoms. The molecule has 1 heterocycles. The van der Waals surface area contributed by atoms with Gasteiger partial charge in [0, 0.05) is 13.5 Å². The van der Waals surface area contributed by atoms with E-state index < -0.39 is 0 Å². The first-order valence-electron chi connectivity index (χ1n) is 7.27. The van der Waals surface area contributed by atoms with Crippen LogP contribution < -0.4 is 9.64 Å². The topological polar surface area (TPSA) is 55.8 Å². The SMILES string of the molecule is CC(=O)O[C@H](C)CCCCN1C(=O)COc2ccccc21. The van der Waals surface area contributed by atoms with Gasteiger partial charge in [-0.05, 0) is 38.3 Å². The highest BCUT2D eigenvalue weighted by Crippen LogP contribution is 2.31. The molecule has 2 rings (SSSR count). The van der Waals surface area contributed by atoms with Crippen molar-refractivity contribution in [2.24, 2.45) is 0 Å². The van der Waals surface area contributed by atoms with Crippen molar-refractivity contribution in [3.05, 3.63) is 24.3 Å². The monoisotopic (exact) mass is 291 g/mol. The van der Waals surface area contributed by atoms with Gasteiger partial charge in [0.25, 0.3) is 5.91 Å². The molecular weight excluding hydrogens is 270 g/mol. The van der Waals surface area contributed by atoms with Gasteiger partial charge in [0.1, 0.15) is 5.75 Å². The van der Waals surface area contributed by atoms with Gasteiger partial charge in [0.2, 0.25) is 0 Å². The van der Waals surface area contributed by atoms with Gasteiger partial charge in [-0.1, -0.05) is 12.1 Å². The van der Waals surface area contributed by atoms with Gasteiger partial charge in [-0.3, -0.25) is 9.59 Å². The summed E-state index contributed by atoms with van der Waals surface area (Å²) in [5, 5.41) is 0. The van der Waals surface area contributed by atoms with Gasteiger partial charge in [0.05, 0.1) is 11.8 Å². The third kappa shape index (κ3) is 4.21. The molecule has 1 aliphatic heterocycles. The van der Waals surface area contributed by atoms with E-state index in [1.165, 1.54) is 6.92 Å². The summed E-state index contributed by atoms with van der Waals surface area (Å²) in [6.45, 7) is 4.06. The summed E-state index contributed by atoms with van der Waals surface area (Å²) in [6, 6.07) is 7.57. The molecule has 114 valence electrons. The van der Waals surface area contributed by atoms with Crippen LogP contribution in [-0.4, -0.2) is 31.1 Å². The highest BCUT2D eigenvalue weighted by Gasteiger charge is 2.24. The quantitative estimate of drug-likeness (QED) is 0.597. The lowest BCUT2D eigenvalue weighted by molar-refractivity contribution is -0.145. The van der Waals surface area contributed by atoms with Crippen molar-refractivity contribution < 1.29 is 19.1 Å². The molecule has 1 aromatic carbocycles. The Morgan fingerprint density at radius 3 is 2.90 bits per heavy atom. The van der Waals surface area contributed by atoms with Crippen LogP contribution in [0.5, 0.6) is 5.75 Å². The van der Waals surface area contributed by atoms with E-state index in [0.29, 0.717) is 6.54 Å². The molecule has 0 saturated heterocycles. The standard InChI is InChI=1S/C16H21NO4/c1-12(21-13(2)18)7-5-6-10-17-14-8-3-4-9-15(14)20-11-16(17)19/h3-4,8-9,12H,5-7,10-11H2,1-2H3/t12-/m1/s1. The van der Waals surface area contributed by atoms with Crippen LogP contribution in [0.2, 0.25) is 0 Å². The lowest BCUT2D eigenvalue weighted by Gasteiger charge is -2.29. The Kier molecular flexibility index (Phi) is 5.20. The molecule has 0 aliphatic carbocycles.